The molecular weight excluding hydrogens is 404 g/mol. The van der Waals surface area contributed by atoms with Crippen LogP contribution in [0.2, 0.25) is 0 Å². The van der Waals surface area contributed by atoms with Crippen LogP contribution in [0.5, 0.6) is 11.5 Å². The third-order valence-corrected chi connectivity index (χ3v) is 6.22. The molecule has 2 N–H and O–H groups in total. The summed E-state index contributed by atoms with van der Waals surface area (Å²) in [7, 11) is -3.88. The number of hydrogen-bond acceptors (Lipinski definition) is 5. The summed E-state index contributed by atoms with van der Waals surface area (Å²) in [4.78, 5) is 12.5. The molecule has 162 valence electrons. The van der Waals surface area contributed by atoms with E-state index in [1.807, 2.05) is 44.2 Å². The van der Waals surface area contributed by atoms with Crippen molar-refractivity contribution in [3.05, 3.63) is 54.1 Å². The van der Waals surface area contributed by atoms with Crippen molar-refractivity contribution in [2.75, 3.05) is 19.8 Å². The van der Waals surface area contributed by atoms with Gasteiger partial charge in [0.2, 0.25) is 15.9 Å². The number of nitrogens with one attached hydrogen (secondary N) is 2. The van der Waals surface area contributed by atoms with Crippen molar-refractivity contribution in [3.63, 3.8) is 0 Å². The predicted molar refractivity (Wildman–Crippen MR) is 114 cm³/mol. The lowest BCUT2D eigenvalue weighted by Gasteiger charge is -2.19. The van der Waals surface area contributed by atoms with Gasteiger partial charge in [0.1, 0.15) is 0 Å². The molecule has 1 saturated carbocycles. The summed E-state index contributed by atoms with van der Waals surface area (Å²) in [6.07, 6.45) is 2.11. The molecule has 1 fully saturated rings. The van der Waals surface area contributed by atoms with Crippen LogP contribution < -0.4 is 19.5 Å². The summed E-state index contributed by atoms with van der Waals surface area (Å²) < 4.78 is 38.7. The molecule has 0 heterocycles. The molecule has 7 nitrogen and oxygen atoms in total. The fourth-order valence-electron chi connectivity index (χ4n) is 3.23. The Hall–Kier alpha value is -2.58. The molecule has 0 aromatic heterocycles. The average molecular weight is 433 g/mol. The number of carbonyl (C=O) groups excluding carboxylic acids is 1. The van der Waals surface area contributed by atoms with Crippen molar-refractivity contribution in [2.24, 2.45) is 5.92 Å². The van der Waals surface area contributed by atoms with Gasteiger partial charge in [-0.15, -0.1) is 0 Å². The lowest BCUT2D eigenvalue weighted by Crippen LogP contribution is -2.39. The molecule has 0 aliphatic heterocycles. The van der Waals surface area contributed by atoms with E-state index < -0.39 is 10.0 Å². The van der Waals surface area contributed by atoms with Gasteiger partial charge in [0.25, 0.3) is 0 Å². The monoisotopic (exact) mass is 432 g/mol. The number of ether oxygens (including phenoxy) is 2. The van der Waals surface area contributed by atoms with Crippen LogP contribution in [-0.2, 0) is 14.8 Å². The third kappa shape index (κ3) is 5.73. The largest absolute Gasteiger partial charge is 0.490 e. The van der Waals surface area contributed by atoms with Gasteiger partial charge in [-0.2, -0.15) is 0 Å². The Bertz CT molecular complexity index is 959. The van der Waals surface area contributed by atoms with Gasteiger partial charge >= 0.3 is 0 Å². The fourth-order valence-corrected chi connectivity index (χ4v) is 4.23. The SMILES string of the molecule is CCOc1ccc(S(=O)(=O)NCC(=O)NC(c2ccccc2)C2CC2)cc1OCC. The molecular formula is C22H28N2O5S. The van der Waals surface area contributed by atoms with E-state index in [1.165, 1.54) is 12.1 Å². The van der Waals surface area contributed by atoms with Crippen LogP contribution in [0.4, 0.5) is 0 Å². The zero-order valence-corrected chi connectivity index (χ0v) is 18.1. The van der Waals surface area contributed by atoms with Crippen LogP contribution in [-0.4, -0.2) is 34.1 Å². The first kappa shape index (κ1) is 22.1. The minimum absolute atomic E-state index is 0.0176. The third-order valence-electron chi connectivity index (χ3n) is 4.82. The fraction of sp³-hybridized carbons (Fsp3) is 0.409. The second kappa shape index (κ2) is 9.95. The number of benzene rings is 2. The zero-order valence-electron chi connectivity index (χ0n) is 17.3. The van der Waals surface area contributed by atoms with Gasteiger partial charge < -0.3 is 14.8 Å². The van der Waals surface area contributed by atoms with Crippen LogP contribution in [0.15, 0.2) is 53.4 Å². The van der Waals surface area contributed by atoms with E-state index in [0.29, 0.717) is 30.6 Å². The van der Waals surface area contributed by atoms with Crippen molar-refractivity contribution in [3.8, 4) is 11.5 Å². The van der Waals surface area contributed by atoms with Gasteiger partial charge in [-0.25, -0.2) is 13.1 Å². The van der Waals surface area contributed by atoms with Crippen molar-refractivity contribution >= 4 is 15.9 Å². The van der Waals surface area contributed by atoms with Crippen LogP contribution in [0.3, 0.4) is 0 Å². The van der Waals surface area contributed by atoms with Gasteiger partial charge in [-0.1, -0.05) is 30.3 Å². The first-order valence-corrected chi connectivity index (χ1v) is 11.7. The molecule has 1 amide bonds. The molecule has 1 unspecified atom stereocenters. The molecule has 30 heavy (non-hydrogen) atoms. The van der Waals surface area contributed by atoms with Gasteiger partial charge in [-0.05, 0) is 50.3 Å². The average Bonchev–Trinajstić information content (AvgIpc) is 3.58. The quantitative estimate of drug-likeness (QED) is 0.569. The maximum Gasteiger partial charge on any atom is 0.241 e. The number of hydrogen-bond donors (Lipinski definition) is 2. The molecule has 8 heteroatoms. The molecule has 1 aliphatic rings. The van der Waals surface area contributed by atoms with Gasteiger partial charge in [0.15, 0.2) is 11.5 Å². The molecule has 2 aromatic rings. The molecule has 0 spiro atoms. The Labute approximate surface area is 177 Å². The van der Waals surface area contributed by atoms with Crippen LogP contribution >= 0.6 is 0 Å². The van der Waals surface area contributed by atoms with E-state index in [2.05, 4.69) is 10.0 Å². The van der Waals surface area contributed by atoms with Crippen molar-refractivity contribution in [2.45, 2.75) is 37.6 Å². The molecule has 2 aromatic carbocycles. The normalized spacial score (nSPS) is 14.7. The molecule has 1 atom stereocenters. The summed E-state index contributed by atoms with van der Waals surface area (Å²) in [5, 5.41) is 2.97. The van der Waals surface area contributed by atoms with E-state index >= 15 is 0 Å². The topological polar surface area (TPSA) is 93.7 Å². The van der Waals surface area contributed by atoms with Crippen LogP contribution in [0.1, 0.15) is 38.3 Å². The number of rotatable bonds is 11. The second-order valence-corrected chi connectivity index (χ2v) is 8.86. The van der Waals surface area contributed by atoms with E-state index in [1.54, 1.807) is 6.07 Å². The predicted octanol–water partition coefficient (Wildman–Crippen LogP) is 3.03. The standard InChI is InChI=1S/C22H28N2O5S/c1-3-28-19-13-12-18(14-20(19)29-4-2)30(26,27)23-15-21(25)24-22(17-10-11-17)16-8-6-5-7-9-16/h5-9,12-14,17,22-23H,3-4,10-11,15H2,1-2H3,(H,24,25). The Kier molecular flexibility index (Phi) is 7.33. The minimum atomic E-state index is -3.88. The van der Waals surface area contributed by atoms with Crippen LogP contribution in [0, 0.1) is 5.92 Å². The van der Waals surface area contributed by atoms with Gasteiger partial charge in [-0.3, -0.25) is 4.79 Å². The van der Waals surface area contributed by atoms with E-state index in [-0.39, 0.29) is 23.4 Å². The van der Waals surface area contributed by atoms with Crippen LogP contribution in [0.25, 0.3) is 0 Å². The summed E-state index contributed by atoms with van der Waals surface area (Å²) in [6, 6.07) is 14.0. The first-order chi connectivity index (χ1) is 14.4. The minimum Gasteiger partial charge on any atom is -0.490 e. The van der Waals surface area contributed by atoms with Crippen molar-refractivity contribution in [1.82, 2.24) is 10.0 Å². The Morgan fingerprint density at radius 2 is 1.70 bits per heavy atom. The summed E-state index contributed by atoms with van der Waals surface area (Å²) in [5.74, 6) is 0.860. The molecule has 0 bridgehead atoms. The molecule has 3 rings (SSSR count). The summed E-state index contributed by atoms with van der Waals surface area (Å²) >= 11 is 0. The number of sulfonamides is 1. The summed E-state index contributed by atoms with van der Waals surface area (Å²) in [5.41, 5.74) is 1.03. The zero-order chi connectivity index (χ0) is 21.6. The van der Waals surface area contributed by atoms with Crippen molar-refractivity contribution in [1.29, 1.82) is 0 Å². The van der Waals surface area contributed by atoms with E-state index in [0.717, 1.165) is 18.4 Å². The highest BCUT2D eigenvalue weighted by Crippen LogP contribution is 2.40. The summed E-state index contributed by atoms with van der Waals surface area (Å²) in [6.45, 7) is 4.12. The highest BCUT2D eigenvalue weighted by molar-refractivity contribution is 7.89. The molecule has 0 radical (unpaired) electrons. The van der Waals surface area contributed by atoms with Gasteiger partial charge in [0.05, 0.1) is 30.7 Å². The first-order valence-electron chi connectivity index (χ1n) is 10.2. The maximum atomic E-state index is 12.7. The Balaban J connectivity index is 1.65. The lowest BCUT2D eigenvalue weighted by molar-refractivity contribution is -0.120. The maximum absolute atomic E-state index is 12.7. The molecule has 1 aliphatic carbocycles. The second-order valence-electron chi connectivity index (χ2n) is 7.09. The van der Waals surface area contributed by atoms with E-state index in [9.17, 15) is 13.2 Å². The lowest BCUT2D eigenvalue weighted by atomic mass is 10.0. The Morgan fingerprint density at radius 3 is 2.33 bits per heavy atom. The Morgan fingerprint density at radius 1 is 1.03 bits per heavy atom. The smallest absolute Gasteiger partial charge is 0.241 e. The van der Waals surface area contributed by atoms with E-state index in [4.69, 9.17) is 9.47 Å². The highest BCUT2D eigenvalue weighted by Gasteiger charge is 2.33. The van der Waals surface area contributed by atoms with Crippen molar-refractivity contribution < 1.29 is 22.7 Å². The number of amides is 1. The van der Waals surface area contributed by atoms with Gasteiger partial charge in [0, 0.05) is 6.07 Å². The molecule has 0 saturated heterocycles. The highest BCUT2D eigenvalue weighted by atomic mass is 32.2. The number of carbonyl (C=O) groups is 1.